The molecule has 0 aliphatic rings. The molecule has 1 aromatic carbocycles. The first-order chi connectivity index (χ1) is 9.08. The molecule has 0 saturated carbocycles. The molecule has 0 fully saturated rings. The van der Waals surface area contributed by atoms with E-state index < -0.39 is 0 Å². The van der Waals surface area contributed by atoms with Crippen LogP contribution in [0.5, 0.6) is 5.75 Å². The van der Waals surface area contributed by atoms with Crippen LogP contribution in [0.25, 0.3) is 11.1 Å². The van der Waals surface area contributed by atoms with Gasteiger partial charge in [0.05, 0.1) is 12.8 Å². The highest BCUT2D eigenvalue weighted by atomic mass is 32.1. The minimum absolute atomic E-state index is 0.431. The van der Waals surface area contributed by atoms with Crippen LogP contribution in [0.2, 0.25) is 0 Å². The molecule has 2 rings (SSSR count). The molecular formula is C15H16N2OS. The van der Waals surface area contributed by atoms with Crippen molar-refractivity contribution >= 4 is 17.0 Å². The average molecular weight is 272 g/mol. The number of rotatable bonds is 3. The third-order valence-electron chi connectivity index (χ3n) is 3.11. The SMILES string of the molecule is COc1ccc(C(C)C)cc1-c1csc(C#N)c1N. The number of hydrogen-bond acceptors (Lipinski definition) is 4. The predicted octanol–water partition coefficient (Wildman–Crippen LogP) is 4.00. The number of nitrogens with zero attached hydrogens (tertiary/aromatic N) is 1. The summed E-state index contributed by atoms with van der Waals surface area (Å²) in [5, 5.41) is 10.9. The second-order valence-corrected chi connectivity index (χ2v) is 5.50. The van der Waals surface area contributed by atoms with Crippen molar-refractivity contribution in [3.8, 4) is 22.9 Å². The molecule has 0 unspecified atom stereocenters. The molecule has 2 N–H and O–H groups in total. The van der Waals surface area contributed by atoms with Gasteiger partial charge in [-0.3, -0.25) is 0 Å². The van der Waals surface area contributed by atoms with Gasteiger partial charge in [-0.05, 0) is 23.6 Å². The lowest BCUT2D eigenvalue weighted by Crippen LogP contribution is -1.94. The largest absolute Gasteiger partial charge is 0.496 e. The van der Waals surface area contributed by atoms with Crippen LogP contribution in [0, 0.1) is 11.3 Å². The van der Waals surface area contributed by atoms with Gasteiger partial charge >= 0.3 is 0 Å². The fraction of sp³-hybridized carbons (Fsp3) is 0.267. The van der Waals surface area contributed by atoms with Crippen LogP contribution in [-0.4, -0.2) is 7.11 Å². The summed E-state index contributed by atoms with van der Waals surface area (Å²) < 4.78 is 5.40. The van der Waals surface area contributed by atoms with Crippen LogP contribution in [0.4, 0.5) is 5.69 Å². The Hall–Kier alpha value is -1.99. The number of nitrogen functional groups attached to an aromatic ring is 1. The first kappa shape index (κ1) is 13.4. The smallest absolute Gasteiger partial charge is 0.128 e. The fourth-order valence-electron chi connectivity index (χ4n) is 1.96. The first-order valence-corrected chi connectivity index (χ1v) is 6.91. The number of benzene rings is 1. The molecule has 0 aliphatic heterocycles. The molecule has 0 aliphatic carbocycles. The molecule has 98 valence electrons. The second kappa shape index (κ2) is 5.33. The van der Waals surface area contributed by atoms with E-state index in [1.54, 1.807) is 7.11 Å². The van der Waals surface area contributed by atoms with Gasteiger partial charge < -0.3 is 10.5 Å². The Morgan fingerprint density at radius 3 is 2.58 bits per heavy atom. The summed E-state index contributed by atoms with van der Waals surface area (Å²) in [6.07, 6.45) is 0. The highest BCUT2D eigenvalue weighted by molar-refractivity contribution is 7.11. The van der Waals surface area contributed by atoms with Crippen molar-refractivity contribution < 1.29 is 4.74 Å². The van der Waals surface area contributed by atoms with E-state index in [0.29, 0.717) is 16.5 Å². The molecule has 0 saturated heterocycles. The topological polar surface area (TPSA) is 59.0 Å². The highest BCUT2D eigenvalue weighted by Crippen LogP contribution is 2.39. The lowest BCUT2D eigenvalue weighted by atomic mass is 9.97. The summed E-state index contributed by atoms with van der Waals surface area (Å²) in [7, 11) is 1.64. The molecule has 1 aromatic heterocycles. The number of ether oxygens (including phenoxy) is 1. The number of thiophene rings is 1. The van der Waals surface area contributed by atoms with E-state index in [9.17, 15) is 0 Å². The second-order valence-electron chi connectivity index (χ2n) is 4.62. The van der Waals surface area contributed by atoms with Crippen molar-refractivity contribution in [1.82, 2.24) is 0 Å². The molecule has 0 amide bonds. The van der Waals surface area contributed by atoms with Gasteiger partial charge in [-0.1, -0.05) is 19.9 Å². The molecule has 2 aromatic rings. The Kier molecular flexibility index (Phi) is 3.77. The average Bonchev–Trinajstić information content (AvgIpc) is 2.78. The van der Waals surface area contributed by atoms with Crippen molar-refractivity contribution in [2.24, 2.45) is 0 Å². The Balaban J connectivity index is 2.62. The molecule has 1 heterocycles. The van der Waals surface area contributed by atoms with Crippen molar-refractivity contribution in [1.29, 1.82) is 5.26 Å². The molecule has 19 heavy (non-hydrogen) atoms. The maximum atomic E-state index is 9.00. The Morgan fingerprint density at radius 2 is 2.05 bits per heavy atom. The summed E-state index contributed by atoms with van der Waals surface area (Å²) in [6.45, 7) is 4.28. The van der Waals surface area contributed by atoms with Gasteiger partial charge in [0.25, 0.3) is 0 Å². The lowest BCUT2D eigenvalue weighted by molar-refractivity contribution is 0.416. The van der Waals surface area contributed by atoms with E-state index in [0.717, 1.165) is 16.9 Å². The van der Waals surface area contributed by atoms with Crippen molar-refractivity contribution in [3.05, 3.63) is 34.0 Å². The summed E-state index contributed by atoms with van der Waals surface area (Å²) in [4.78, 5) is 0.548. The van der Waals surface area contributed by atoms with Gasteiger partial charge in [0.1, 0.15) is 16.7 Å². The third kappa shape index (κ3) is 2.42. The fourth-order valence-corrected chi connectivity index (χ4v) is 2.74. The van der Waals surface area contributed by atoms with E-state index in [4.69, 9.17) is 15.7 Å². The molecule has 3 nitrogen and oxygen atoms in total. The van der Waals surface area contributed by atoms with Crippen LogP contribution in [-0.2, 0) is 0 Å². The number of nitriles is 1. The van der Waals surface area contributed by atoms with Crippen molar-refractivity contribution in [3.63, 3.8) is 0 Å². The minimum atomic E-state index is 0.431. The monoisotopic (exact) mass is 272 g/mol. The van der Waals surface area contributed by atoms with Gasteiger partial charge in [0.15, 0.2) is 0 Å². The van der Waals surface area contributed by atoms with Crippen LogP contribution < -0.4 is 10.5 Å². The normalized spacial score (nSPS) is 10.5. The third-order valence-corrected chi connectivity index (χ3v) is 4.01. The highest BCUT2D eigenvalue weighted by Gasteiger charge is 2.15. The maximum absolute atomic E-state index is 9.00. The Morgan fingerprint density at radius 1 is 1.32 bits per heavy atom. The molecule has 0 bridgehead atoms. The number of anilines is 1. The van der Waals surface area contributed by atoms with Gasteiger partial charge in [0, 0.05) is 16.5 Å². The zero-order chi connectivity index (χ0) is 14.0. The van der Waals surface area contributed by atoms with Crippen LogP contribution >= 0.6 is 11.3 Å². The number of nitrogens with two attached hydrogens (primary N) is 1. The molecule has 0 spiro atoms. The number of hydrogen-bond donors (Lipinski definition) is 1. The quantitative estimate of drug-likeness (QED) is 0.918. The van der Waals surface area contributed by atoms with Crippen molar-refractivity contribution in [2.75, 3.05) is 12.8 Å². The predicted molar refractivity (Wildman–Crippen MR) is 79.5 cm³/mol. The van der Waals surface area contributed by atoms with E-state index in [1.807, 2.05) is 11.4 Å². The zero-order valence-electron chi connectivity index (χ0n) is 11.2. The van der Waals surface area contributed by atoms with Gasteiger partial charge in [-0.25, -0.2) is 0 Å². The Bertz CT molecular complexity index is 638. The van der Waals surface area contributed by atoms with Gasteiger partial charge in [-0.15, -0.1) is 11.3 Å². The summed E-state index contributed by atoms with van der Waals surface area (Å²) >= 11 is 1.36. The van der Waals surface area contributed by atoms with Crippen LogP contribution in [0.1, 0.15) is 30.2 Å². The molecule has 0 radical (unpaired) electrons. The van der Waals surface area contributed by atoms with E-state index in [2.05, 4.69) is 32.0 Å². The van der Waals surface area contributed by atoms with Crippen LogP contribution in [0.15, 0.2) is 23.6 Å². The Labute approximate surface area is 117 Å². The van der Waals surface area contributed by atoms with Gasteiger partial charge in [-0.2, -0.15) is 5.26 Å². The lowest BCUT2D eigenvalue weighted by Gasteiger charge is -2.12. The summed E-state index contributed by atoms with van der Waals surface area (Å²) in [5.41, 5.74) is 9.61. The van der Waals surface area contributed by atoms with E-state index in [1.165, 1.54) is 16.9 Å². The number of methoxy groups -OCH3 is 1. The van der Waals surface area contributed by atoms with Crippen molar-refractivity contribution in [2.45, 2.75) is 19.8 Å². The van der Waals surface area contributed by atoms with E-state index in [-0.39, 0.29) is 0 Å². The first-order valence-electron chi connectivity index (χ1n) is 6.03. The van der Waals surface area contributed by atoms with Crippen LogP contribution in [0.3, 0.4) is 0 Å². The standard InChI is InChI=1S/C15H16N2OS/c1-9(2)10-4-5-13(18-3)11(6-10)12-8-19-14(7-16)15(12)17/h4-6,8-9H,17H2,1-3H3. The summed E-state index contributed by atoms with van der Waals surface area (Å²) in [6, 6.07) is 8.21. The van der Waals surface area contributed by atoms with E-state index >= 15 is 0 Å². The minimum Gasteiger partial charge on any atom is -0.496 e. The van der Waals surface area contributed by atoms with Gasteiger partial charge in [0.2, 0.25) is 0 Å². The zero-order valence-corrected chi connectivity index (χ0v) is 12.0. The summed E-state index contributed by atoms with van der Waals surface area (Å²) in [5.74, 6) is 1.21. The molecular weight excluding hydrogens is 256 g/mol. The molecule has 4 heteroatoms. The maximum Gasteiger partial charge on any atom is 0.128 e. The molecule has 0 atom stereocenters.